The van der Waals surface area contributed by atoms with Gasteiger partial charge in [-0.05, 0) is 68.9 Å². The number of amides is 2. The number of piperidine rings is 2. The summed E-state index contributed by atoms with van der Waals surface area (Å²) in [5, 5.41) is 12.7. The van der Waals surface area contributed by atoms with Gasteiger partial charge in [0.2, 0.25) is 17.8 Å². The van der Waals surface area contributed by atoms with E-state index in [0.717, 1.165) is 85.6 Å². The van der Waals surface area contributed by atoms with Crippen molar-refractivity contribution in [3.05, 3.63) is 69.9 Å². The van der Waals surface area contributed by atoms with Gasteiger partial charge < -0.3 is 15.1 Å². The van der Waals surface area contributed by atoms with Crippen molar-refractivity contribution >= 4 is 68.5 Å². The standard InChI is InChI=1S/C39H46ClN11O3/c1-23(2)51-34(53)10-5-25-17-27(19-41-37(25)51)43-36-31(40)20-42-39(45-36)50-12-11-26(24(3)21-50)22-48-13-15-49(16-14-48)28-6-7-29-32(18-28)47(4)46-35(29)30-8-9-33(52)44-38(30)54/h5-7,10,17-20,23-24,26,30H,8-9,11-16,21-22H2,1-4H3,(H,42,43,45)(H,44,52,54)/t24-,26-,30?/m0/s1. The zero-order chi connectivity index (χ0) is 37.7. The van der Waals surface area contributed by atoms with Gasteiger partial charge in [0.15, 0.2) is 5.82 Å². The normalized spacial score (nSPS) is 21.3. The maximum atomic E-state index is 12.6. The maximum absolute atomic E-state index is 12.6. The molecular weight excluding hydrogens is 706 g/mol. The molecule has 1 unspecified atom stereocenters. The average molecular weight is 752 g/mol. The number of hydrogen-bond donors (Lipinski definition) is 2. The number of imide groups is 1. The number of aromatic nitrogens is 6. The zero-order valence-electron chi connectivity index (χ0n) is 31.1. The first-order valence-electron chi connectivity index (χ1n) is 18.9. The molecule has 15 heteroatoms. The Labute approximate surface area is 318 Å². The van der Waals surface area contributed by atoms with Gasteiger partial charge in [0.1, 0.15) is 10.7 Å². The number of fused-ring (bicyclic) bond motifs is 2. The first-order chi connectivity index (χ1) is 26.0. The summed E-state index contributed by atoms with van der Waals surface area (Å²) < 4.78 is 3.54. The molecule has 3 saturated heterocycles. The summed E-state index contributed by atoms with van der Waals surface area (Å²) in [5.41, 5.74) is 4.19. The lowest BCUT2D eigenvalue weighted by atomic mass is 9.86. The lowest BCUT2D eigenvalue weighted by Gasteiger charge is -2.42. The SMILES string of the molecule is CC(C)n1c(=O)ccc2cc(Nc3nc(N4CC[C@@H](CN5CCN(c6ccc7c(C8CCC(=O)NC8=O)nn(C)c7c6)CC5)[C@@H](C)C4)ncc3Cl)cnc21. The molecule has 14 nitrogen and oxygen atoms in total. The van der Waals surface area contributed by atoms with Crippen LogP contribution in [0.5, 0.6) is 0 Å². The lowest BCUT2D eigenvalue weighted by Crippen LogP contribution is -2.50. The van der Waals surface area contributed by atoms with Crippen LogP contribution in [0.3, 0.4) is 0 Å². The minimum atomic E-state index is -0.406. The summed E-state index contributed by atoms with van der Waals surface area (Å²) in [7, 11) is 1.92. The molecule has 2 amide bonds. The summed E-state index contributed by atoms with van der Waals surface area (Å²) in [6, 6.07) is 11.7. The number of nitrogens with zero attached hydrogens (tertiary/aromatic N) is 9. The summed E-state index contributed by atoms with van der Waals surface area (Å²) in [4.78, 5) is 58.0. The molecule has 3 atom stereocenters. The van der Waals surface area contributed by atoms with Crippen LogP contribution in [0.2, 0.25) is 5.02 Å². The molecule has 3 aliphatic rings. The molecule has 0 radical (unpaired) electrons. The highest BCUT2D eigenvalue weighted by molar-refractivity contribution is 6.32. The van der Waals surface area contributed by atoms with Gasteiger partial charge in [-0.3, -0.25) is 33.8 Å². The Balaban J connectivity index is 0.867. The fraction of sp³-hybridized carbons (Fsp3) is 0.462. The molecule has 5 aromatic rings. The molecule has 1 aromatic carbocycles. The van der Waals surface area contributed by atoms with E-state index in [-0.39, 0.29) is 23.4 Å². The van der Waals surface area contributed by atoms with Crippen molar-refractivity contribution in [2.75, 3.05) is 60.9 Å². The number of carbonyl (C=O) groups is 2. The minimum Gasteiger partial charge on any atom is -0.369 e. The van der Waals surface area contributed by atoms with E-state index in [1.54, 1.807) is 29.1 Å². The van der Waals surface area contributed by atoms with E-state index in [0.29, 0.717) is 47.1 Å². The summed E-state index contributed by atoms with van der Waals surface area (Å²) in [5.74, 6) is 1.32. The molecular formula is C39H46ClN11O3. The molecule has 7 heterocycles. The summed E-state index contributed by atoms with van der Waals surface area (Å²) >= 11 is 6.56. The number of carbonyl (C=O) groups excluding carboxylic acids is 2. The molecule has 3 aliphatic heterocycles. The van der Waals surface area contributed by atoms with E-state index in [9.17, 15) is 14.4 Å². The number of benzene rings is 1. The Morgan fingerprint density at radius 1 is 0.963 bits per heavy atom. The van der Waals surface area contributed by atoms with Gasteiger partial charge in [-0.15, -0.1) is 0 Å². The van der Waals surface area contributed by atoms with E-state index in [1.165, 1.54) is 0 Å². The Bertz CT molecular complexity index is 2300. The molecule has 2 N–H and O–H groups in total. The highest BCUT2D eigenvalue weighted by Gasteiger charge is 2.33. The van der Waals surface area contributed by atoms with Crippen LogP contribution in [0.25, 0.3) is 21.9 Å². The number of nitrogens with one attached hydrogen (secondary N) is 2. The van der Waals surface area contributed by atoms with E-state index in [1.807, 2.05) is 31.6 Å². The van der Waals surface area contributed by atoms with Crippen molar-refractivity contribution in [1.82, 2.24) is 39.5 Å². The lowest BCUT2D eigenvalue weighted by molar-refractivity contribution is -0.134. The third kappa shape index (κ3) is 7.00. The van der Waals surface area contributed by atoms with Gasteiger partial charge in [0, 0.05) is 87.8 Å². The fourth-order valence-corrected chi connectivity index (χ4v) is 8.43. The summed E-state index contributed by atoms with van der Waals surface area (Å²) in [6.45, 7) is 12.9. The summed E-state index contributed by atoms with van der Waals surface area (Å²) in [6.07, 6.45) is 5.22. The number of halogens is 1. The van der Waals surface area contributed by atoms with E-state index in [4.69, 9.17) is 21.7 Å². The van der Waals surface area contributed by atoms with Gasteiger partial charge in [-0.2, -0.15) is 10.1 Å². The van der Waals surface area contributed by atoms with Crippen molar-refractivity contribution in [1.29, 1.82) is 0 Å². The third-order valence-corrected chi connectivity index (χ3v) is 11.6. The number of pyridine rings is 2. The Hall–Kier alpha value is -5.08. The van der Waals surface area contributed by atoms with Crippen LogP contribution in [-0.2, 0) is 16.6 Å². The van der Waals surface area contributed by atoms with Crippen molar-refractivity contribution in [3.63, 3.8) is 0 Å². The molecule has 0 spiro atoms. The zero-order valence-corrected chi connectivity index (χ0v) is 31.9. The topological polar surface area (TPSA) is 146 Å². The molecule has 0 bridgehead atoms. The number of aryl methyl sites for hydroxylation is 1. The first kappa shape index (κ1) is 35.9. The third-order valence-electron chi connectivity index (χ3n) is 11.3. The number of piperazine rings is 1. The minimum absolute atomic E-state index is 0.00563. The highest BCUT2D eigenvalue weighted by Crippen LogP contribution is 2.34. The molecule has 282 valence electrons. The second kappa shape index (κ2) is 14.6. The smallest absolute Gasteiger partial charge is 0.252 e. The van der Waals surface area contributed by atoms with Gasteiger partial charge in [-0.25, -0.2) is 9.97 Å². The van der Waals surface area contributed by atoms with Crippen molar-refractivity contribution in [2.24, 2.45) is 18.9 Å². The number of hydrogen-bond acceptors (Lipinski definition) is 11. The van der Waals surface area contributed by atoms with Crippen LogP contribution in [-0.4, -0.2) is 91.8 Å². The molecule has 4 aromatic heterocycles. The van der Waals surface area contributed by atoms with Crippen LogP contribution in [0, 0.1) is 11.8 Å². The Kier molecular flexibility index (Phi) is 9.73. The van der Waals surface area contributed by atoms with Gasteiger partial charge in [0.25, 0.3) is 5.56 Å². The molecule has 3 fully saturated rings. The van der Waals surface area contributed by atoms with Gasteiger partial charge in [0.05, 0.1) is 35.2 Å². The van der Waals surface area contributed by atoms with Gasteiger partial charge >= 0.3 is 0 Å². The van der Waals surface area contributed by atoms with E-state index < -0.39 is 5.92 Å². The quantitative estimate of drug-likeness (QED) is 0.210. The van der Waals surface area contributed by atoms with Crippen LogP contribution in [0.1, 0.15) is 57.7 Å². The fourth-order valence-electron chi connectivity index (χ4n) is 8.30. The highest BCUT2D eigenvalue weighted by atomic mass is 35.5. The van der Waals surface area contributed by atoms with Gasteiger partial charge in [-0.1, -0.05) is 18.5 Å². The van der Waals surface area contributed by atoms with E-state index >= 15 is 0 Å². The average Bonchev–Trinajstić information content (AvgIpc) is 3.48. The van der Waals surface area contributed by atoms with Crippen LogP contribution in [0.4, 0.5) is 23.1 Å². The predicted molar refractivity (Wildman–Crippen MR) is 211 cm³/mol. The van der Waals surface area contributed by atoms with Crippen molar-refractivity contribution in [2.45, 2.75) is 52.0 Å². The predicted octanol–water partition coefficient (Wildman–Crippen LogP) is 4.86. The maximum Gasteiger partial charge on any atom is 0.252 e. The first-order valence-corrected chi connectivity index (χ1v) is 19.2. The van der Waals surface area contributed by atoms with Crippen LogP contribution in [0.15, 0.2) is 53.6 Å². The van der Waals surface area contributed by atoms with Crippen molar-refractivity contribution in [3.8, 4) is 0 Å². The van der Waals surface area contributed by atoms with Crippen molar-refractivity contribution < 1.29 is 9.59 Å². The molecule has 0 saturated carbocycles. The monoisotopic (exact) mass is 751 g/mol. The number of anilines is 4. The van der Waals surface area contributed by atoms with E-state index in [2.05, 4.69) is 60.4 Å². The largest absolute Gasteiger partial charge is 0.369 e. The molecule has 54 heavy (non-hydrogen) atoms. The molecule has 8 rings (SSSR count). The Morgan fingerprint density at radius 3 is 2.54 bits per heavy atom. The molecule has 0 aliphatic carbocycles. The van der Waals surface area contributed by atoms with Crippen LogP contribution < -0.4 is 26.0 Å². The van der Waals surface area contributed by atoms with Crippen LogP contribution >= 0.6 is 11.6 Å². The second-order valence-corrected chi connectivity index (χ2v) is 15.6. The number of rotatable bonds is 8. The Morgan fingerprint density at radius 2 is 1.78 bits per heavy atom. The second-order valence-electron chi connectivity index (χ2n) is 15.2.